The predicted octanol–water partition coefficient (Wildman–Crippen LogP) is 5.83. The lowest BCUT2D eigenvalue weighted by Crippen LogP contribution is -2.15. The Morgan fingerprint density at radius 1 is 1.08 bits per heavy atom. The molecule has 0 aromatic heterocycles. The van der Waals surface area contributed by atoms with Crippen molar-refractivity contribution in [2.45, 2.75) is 19.8 Å². The third kappa shape index (κ3) is 7.59. The first-order valence-electron chi connectivity index (χ1n) is 8.07. The Balaban J connectivity index is 1.55. The summed E-state index contributed by atoms with van der Waals surface area (Å²) in [6.45, 7) is 2.59. The van der Waals surface area contributed by atoms with E-state index in [1.165, 1.54) is 0 Å². The molecule has 2 aromatic rings. The van der Waals surface area contributed by atoms with Gasteiger partial charge in [0.1, 0.15) is 5.75 Å². The SMILES string of the molecule is Cc1cc(Cl)ccc1NC(=O)CSCCCCOc1ccc(Cl)cc1. The molecular weight excluding hydrogens is 377 g/mol. The number of aryl methyl sites for hydroxylation is 1. The van der Waals surface area contributed by atoms with Gasteiger partial charge in [0.15, 0.2) is 0 Å². The Morgan fingerprint density at radius 2 is 1.80 bits per heavy atom. The van der Waals surface area contributed by atoms with Crippen molar-refractivity contribution < 1.29 is 9.53 Å². The van der Waals surface area contributed by atoms with Gasteiger partial charge in [0, 0.05) is 15.7 Å². The van der Waals surface area contributed by atoms with Crippen molar-refractivity contribution in [3.05, 3.63) is 58.1 Å². The summed E-state index contributed by atoms with van der Waals surface area (Å²) < 4.78 is 5.63. The lowest BCUT2D eigenvalue weighted by Gasteiger charge is -2.09. The number of rotatable bonds is 9. The number of halogens is 2. The van der Waals surface area contributed by atoms with Gasteiger partial charge >= 0.3 is 0 Å². The smallest absolute Gasteiger partial charge is 0.234 e. The topological polar surface area (TPSA) is 38.3 Å². The molecule has 0 atom stereocenters. The van der Waals surface area contributed by atoms with Crippen LogP contribution in [0.1, 0.15) is 18.4 Å². The van der Waals surface area contributed by atoms with Crippen LogP contribution in [0.2, 0.25) is 10.0 Å². The number of unbranched alkanes of at least 4 members (excludes halogenated alkanes) is 1. The van der Waals surface area contributed by atoms with Crippen LogP contribution in [0, 0.1) is 6.92 Å². The molecule has 0 fully saturated rings. The fourth-order valence-electron chi connectivity index (χ4n) is 2.15. The maximum Gasteiger partial charge on any atom is 0.234 e. The van der Waals surface area contributed by atoms with Gasteiger partial charge in [-0.15, -0.1) is 0 Å². The molecule has 0 saturated carbocycles. The van der Waals surface area contributed by atoms with Crippen LogP contribution in [0.5, 0.6) is 5.75 Å². The van der Waals surface area contributed by atoms with E-state index in [1.54, 1.807) is 17.8 Å². The molecule has 2 rings (SSSR count). The highest BCUT2D eigenvalue weighted by molar-refractivity contribution is 7.99. The molecule has 0 aliphatic heterocycles. The second kappa shape index (κ2) is 10.6. The Labute approximate surface area is 163 Å². The summed E-state index contributed by atoms with van der Waals surface area (Å²) in [6, 6.07) is 12.8. The number of carbonyl (C=O) groups is 1. The molecule has 3 nitrogen and oxygen atoms in total. The van der Waals surface area contributed by atoms with Crippen LogP contribution in [-0.2, 0) is 4.79 Å². The average Bonchev–Trinajstić information content (AvgIpc) is 2.58. The Morgan fingerprint density at radius 3 is 2.52 bits per heavy atom. The first kappa shape index (κ1) is 20.0. The van der Waals surface area contributed by atoms with E-state index in [9.17, 15) is 4.79 Å². The van der Waals surface area contributed by atoms with Crippen molar-refractivity contribution in [1.82, 2.24) is 0 Å². The van der Waals surface area contributed by atoms with Gasteiger partial charge in [0.25, 0.3) is 0 Å². The van der Waals surface area contributed by atoms with E-state index >= 15 is 0 Å². The highest BCUT2D eigenvalue weighted by atomic mass is 35.5. The molecule has 0 unspecified atom stereocenters. The number of nitrogens with one attached hydrogen (secondary N) is 1. The molecule has 0 radical (unpaired) electrons. The zero-order valence-electron chi connectivity index (χ0n) is 14.1. The highest BCUT2D eigenvalue weighted by Crippen LogP contribution is 2.20. The first-order valence-corrected chi connectivity index (χ1v) is 9.98. The van der Waals surface area contributed by atoms with E-state index in [0.717, 1.165) is 35.6 Å². The molecule has 0 spiro atoms. The van der Waals surface area contributed by atoms with Crippen molar-refractivity contribution in [3.63, 3.8) is 0 Å². The fraction of sp³-hybridized carbons (Fsp3) is 0.316. The molecule has 6 heteroatoms. The van der Waals surface area contributed by atoms with Gasteiger partial charge in [-0.3, -0.25) is 4.79 Å². The van der Waals surface area contributed by atoms with E-state index in [4.69, 9.17) is 27.9 Å². The number of hydrogen-bond acceptors (Lipinski definition) is 3. The van der Waals surface area contributed by atoms with Crippen molar-refractivity contribution in [1.29, 1.82) is 0 Å². The third-order valence-electron chi connectivity index (χ3n) is 3.46. The van der Waals surface area contributed by atoms with Gasteiger partial charge in [-0.1, -0.05) is 23.2 Å². The summed E-state index contributed by atoms with van der Waals surface area (Å²) in [6.07, 6.45) is 1.96. The summed E-state index contributed by atoms with van der Waals surface area (Å²) in [5, 5.41) is 4.29. The molecule has 0 heterocycles. The van der Waals surface area contributed by atoms with Gasteiger partial charge in [-0.05, 0) is 73.5 Å². The molecule has 1 N–H and O–H groups in total. The largest absolute Gasteiger partial charge is 0.494 e. The Bertz CT molecular complexity index is 692. The van der Waals surface area contributed by atoms with Crippen LogP contribution in [0.25, 0.3) is 0 Å². The van der Waals surface area contributed by atoms with E-state index in [2.05, 4.69) is 5.32 Å². The van der Waals surface area contributed by atoms with Crippen LogP contribution >= 0.6 is 35.0 Å². The minimum Gasteiger partial charge on any atom is -0.494 e. The number of amides is 1. The normalized spacial score (nSPS) is 10.5. The van der Waals surface area contributed by atoms with Crippen LogP contribution in [-0.4, -0.2) is 24.0 Å². The minimum atomic E-state index is 0.00726. The lowest BCUT2D eigenvalue weighted by atomic mass is 10.2. The van der Waals surface area contributed by atoms with Crippen LogP contribution in [0.15, 0.2) is 42.5 Å². The zero-order valence-corrected chi connectivity index (χ0v) is 16.4. The summed E-state index contributed by atoms with van der Waals surface area (Å²) >= 11 is 13.4. The average molecular weight is 398 g/mol. The van der Waals surface area contributed by atoms with E-state index in [0.29, 0.717) is 22.4 Å². The highest BCUT2D eigenvalue weighted by Gasteiger charge is 2.05. The molecule has 2 aromatic carbocycles. The van der Waals surface area contributed by atoms with Crippen molar-refractivity contribution in [2.75, 3.05) is 23.4 Å². The summed E-state index contributed by atoms with van der Waals surface area (Å²) in [5.74, 6) is 2.21. The van der Waals surface area contributed by atoms with E-state index < -0.39 is 0 Å². The lowest BCUT2D eigenvalue weighted by molar-refractivity contribution is -0.113. The van der Waals surface area contributed by atoms with E-state index in [1.807, 2.05) is 43.3 Å². The molecule has 1 amide bonds. The second-order valence-electron chi connectivity index (χ2n) is 5.57. The number of hydrogen-bond donors (Lipinski definition) is 1. The molecule has 0 saturated heterocycles. The Kier molecular flexibility index (Phi) is 8.45. The van der Waals surface area contributed by atoms with Gasteiger partial charge in [0.2, 0.25) is 5.91 Å². The number of benzene rings is 2. The summed E-state index contributed by atoms with van der Waals surface area (Å²) in [4.78, 5) is 12.0. The maximum absolute atomic E-state index is 12.0. The molecule has 134 valence electrons. The molecule has 0 bridgehead atoms. The number of anilines is 1. The Hall–Kier alpha value is -1.36. The molecule has 0 aliphatic carbocycles. The first-order chi connectivity index (χ1) is 12.0. The quantitative estimate of drug-likeness (QED) is 0.540. The number of ether oxygens (including phenoxy) is 1. The summed E-state index contributed by atoms with van der Waals surface area (Å²) in [7, 11) is 0. The molecule has 25 heavy (non-hydrogen) atoms. The maximum atomic E-state index is 12.0. The molecular formula is C19H21Cl2NO2S. The second-order valence-corrected chi connectivity index (χ2v) is 7.55. The van der Waals surface area contributed by atoms with E-state index in [-0.39, 0.29) is 5.91 Å². The molecule has 0 aliphatic rings. The standard InChI is InChI=1S/C19H21Cl2NO2S/c1-14-12-16(21)6-9-18(14)22-19(23)13-25-11-3-2-10-24-17-7-4-15(20)5-8-17/h4-9,12H,2-3,10-11,13H2,1H3,(H,22,23). The van der Waals surface area contributed by atoms with Gasteiger partial charge < -0.3 is 10.1 Å². The van der Waals surface area contributed by atoms with Crippen molar-refractivity contribution in [3.8, 4) is 5.75 Å². The van der Waals surface area contributed by atoms with Gasteiger partial charge in [0.05, 0.1) is 12.4 Å². The zero-order chi connectivity index (χ0) is 18.1. The summed E-state index contributed by atoms with van der Waals surface area (Å²) in [5.41, 5.74) is 1.77. The monoisotopic (exact) mass is 397 g/mol. The van der Waals surface area contributed by atoms with Crippen LogP contribution < -0.4 is 10.1 Å². The minimum absolute atomic E-state index is 0.00726. The van der Waals surface area contributed by atoms with Crippen molar-refractivity contribution in [2.24, 2.45) is 0 Å². The van der Waals surface area contributed by atoms with Crippen LogP contribution in [0.3, 0.4) is 0 Å². The predicted molar refractivity (Wildman–Crippen MR) is 108 cm³/mol. The van der Waals surface area contributed by atoms with Crippen molar-refractivity contribution >= 4 is 46.6 Å². The van der Waals surface area contributed by atoms with Crippen LogP contribution in [0.4, 0.5) is 5.69 Å². The van der Waals surface area contributed by atoms with Gasteiger partial charge in [-0.25, -0.2) is 0 Å². The third-order valence-corrected chi connectivity index (χ3v) is 4.99. The van der Waals surface area contributed by atoms with Gasteiger partial charge in [-0.2, -0.15) is 11.8 Å². The number of carbonyl (C=O) groups excluding carboxylic acids is 1. The fourth-order valence-corrected chi connectivity index (χ4v) is 3.31. The number of thioether (sulfide) groups is 1.